The summed E-state index contributed by atoms with van der Waals surface area (Å²) in [4.78, 5) is 24.9. The molecule has 1 amide bonds. The van der Waals surface area contributed by atoms with Gasteiger partial charge in [0, 0.05) is 37.5 Å². The van der Waals surface area contributed by atoms with Crippen LogP contribution in [-0.4, -0.2) is 46.5 Å². The molecule has 24 heavy (non-hydrogen) atoms. The summed E-state index contributed by atoms with van der Waals surface area (Å²) in [5, 5.41) is 20.2. The molecule has 1 aliphatic heterocycles. The molecule has 1 fully saturated rings. The number of hydrogen-bond donors (Lipinski definition) is 3. The summed E-state index contributed by atoms with van der Waals surface area (Å²) in [5.74, 6) is -0.546. The number of aromatic nitrogens is 2. The first kappa shape index (κ1) is 18.4. The van der Waals surface area contributed by atoms with Crippen molar-refractivity contribution < 1.29 is 9.90 Å². The summed E-state index contributed by atoms with van der Waals surface area (Å²) in [5.41, 5.74) is 0.242. The first-order valence-corrected chi connectivity index (χ1v) is 7.78. The molecule has 130 valence electrons. The predicted octanol–water partition coefficient (Wildman–Crippen LogP) is 0.148. The number of carbonyl (C=O) groups excluding carboxylic acids is 1. The van der Waals surface area contributed by atoms with Gasteiger partial charge in [0.05, 0.1) is 11.6 Å². The zero-order valence-electron chi connectivity index (χ0n) is 13.4. The Kier molecular flexibility index (Phi) is 5.93. The summed E-state index contributed by atoms with van der Waals surface area (Å²) in [6.07, 6.45) is -0.479. The van der Waals surface area contributed by atoms with E-state index in [-0.39, 0.29) is 29.4 Å². The van der Waals surface area contributed by atoms with E-state index in [1.165, 1.54) is 0 Å². The van der Waals surface area contributed by atoms with Crippen molar-refractivity contribution in [3.8, 4) is 0 Å². The van der Waals surface area contributed by atoms with E-state index in [1.807, 2.05) is 19.1 Å². The third-order valence-electron chi connectivity index (χ3n) is 4.21. The van der Waals surface area contributed by atoms with E-state index in [0.29, 0.717) is 37.1 Å². The molecule has 1 aromatic heterocycles. The quantitative estimate of drug-likeness (QED) is 0.728. The van der Waals surface area contributed by atoms with Gasteiger partial charge in [-0.2, -0.15) is 5.10 Å². The summed E-state index contributed by atoms with van der Waals surface area (Å²) in [7, 11) is 0. The monoisotopic (exact) mass is 352 g/mol. The van der Waals surface area contributed by atoms with Crippen molar-refractivity contribution in [1.29, 1.82) is 0 Å². The molecule has 2 atom stereocenters. The number of fused-ring (bicyclic) bond motifs is 1. The van der Waals surface area contributed by atoms with Crippen LogP contribution in [0.15, 0.2) is 29.1 Å². The van der Waals surface area contributed by atoms with E-state index in [4.69, 9.17) is 0 Å². The molecule has 3 rings (SSSR count). The Balaban J connectivity index is 0.00000208. The molecule has 0 saturated carbocycles. The van der Waals surface area contributed by atoms with E-state index in [1.54, 1.807) is 16.8 Å². The highest BCUT2D eigenvalue weighted by atomic mass is 35.5. The Morgan fingerprint density at radius 3 is 2.83 bits per heavy atom. The van der Waals surface area contributed by atoms with Crippen LogP contribution in [-0.2, 0) is 6.54 Å². The highest BCUT2D eigenvalue weighted by Gasteiger charge is 2.26. The number of para-hydroxylation sites is 1. The van der Waals surface area contributed by atoms with Crippen molar-refractivity contribution in [2.75, 3.05) is 19.6 Å². The van der Waals surface area contributed by atoms with Crippen LogP contribution in [0.1, 0.15) is 17.4 Å². The van der Waals surface area contributed by atoms with Crippen LogP contribution in [0, 0.1) is 5.92 Å². The number of β-amino-alcohol motifs (C(OH)–C–C–N with tert-alkyl or cyclic N) is 1. The molecule has 0 aliphatic carbocycles. The Hall–Kier alpha value is -1.96. The molecule has 2 heterocycles. The number of aliphatic hydroxyl groups is 1. The summed E-state index contributed by atoms with van der Waals surface area (Å²) in [6.45, 7) is 3.95. The fraction of sp³-hybridized carbons (Fsp3) is 0.438. The maximum absolute atomic E-state index is 12.5. The maximum atomic E-state index is 12.5. The number of nitrogens with one attached hydrogen (secondary N) is 2. The Labute approximate surface area is 145 Å². The molecule has 1 aromatic carbocycles. The van der Waals surface area contributed by atoms with Crippen molar-refractivity contribution >= 4 is 29.2 Å². The minimum Gasteiger partial charge on any atom is -0.391 e. The second-order valence-corrected chi connectivity index (χ2v) is 5.71. The number of rotatable bonds is 4. The number of aliphatic hydroxyl groups excluding tert-OH is 1. The van der Waals surface area contributed by atoms with Gasteiger partial charge in [0.25, 0.3) is 5.91 Å². The zero-order valence-corrected chi connectivity index (χ0v) is 14.2. The molecule has 2 unspecified atom stereocenters. The number of nitrogens with zero attached hydrogens (tertiary/aromatic N) is 2. The average Bonchev–Trinajstić information content (AvgIpc) is 2.98. The minimum atomic E-state index is -0.498. The average molecular weight is 353 g/mol. The third-order valence-corrected chi connectivity index (χ3v) is 4.21. The fourth-order valence-electron chi connectivity index (χ4n) is 2.86. The molecule has 0 radical (unpaired) electrons. The number of amides is 1. The number of hydrogen-bond acceptors (Lipinski definition) is 5. The molecular weight excluding hydrogens is 332 g/mol. The first-order valence-electron chi connectivity index (χ1n) is 7.78. The minimum absolute atomic E-state index is 0. The van der Waals surface area contributed by atoms with Crippen molar-refractivity contribution in [2.45, 2.75) is 19.6 Å². The van der Waals surface area contributed by atoms with Gasteiger partial charge in [0.2, 0.25) is 5.43 Å². The van der Waals surface area contributed by atoms with Gasteiger partial charge in [-0.05, 0) is 19.1 Å². The maximum Gasteiger partial charge on any atom is 0.275 e. The van der Waals surface area contributed by atoms with E-state index < -0.39 is 12.0 Å². The number of aryl methyl sites for hydroxylation is 1. The van der Waals surface area contributed by atoms with Gasteiger partial charge >= 0.3 is 0 Å². The van der Waals surface area contributed by atoms with Gasteiger partial charge in [-0.3, -0.25) is 14.3 Å². The molecule has 0 spiro atoms. The molecule has 8 heteroatoms. The van der Waals surface area contributed by atoms with Gasteiger partial charge in [0.1, 0.15) is 0 Å². The normalized spacial score (nSPS) is 19.9. The van der Waals surface area contributed by atoms with Gasteiger partial charge in [-0.25, -0.2) is 0 Å². The van der Waals surface area contributed by atoms with E-state index in [2.05, 4.69) is 15.7 Å². The van der Waals surface area contributed by atoms with Crippen LogP contribution in [0.4, 0.5) is 0 Å². The van der Waals surface area contributed by atoms with Crippen molar-refractivity contribution in [1.82, 2.24) is 20.4 Å². The Morgan fingerprint density at radius 1 is 1.42 bits per heavy atom. The lowest BCUT2D eigenvalue weighted by molar-refractivity contribution is 0.0919. The standard InChI is InChI=1S/C16H20N4O3.ClH/c1-2-20-12-6-4-3-5-11(12)15(22)14(19-20)16(23)18-8-10-7-17-9-13(10)21;/h3-6,10,13,17,21H,2,7-9H2,1H3,(H,18,23);1H. The van der Waals surface area contributed by atoms with Crippen LogP contribution in [0.25, 0.3) is 10.9 Å². The van der Waals surface area contributed by atoms with Crippen molar-refractivity contribution in [3.63, 3.8) is 0 Å². The van der Waals surface area contributed by atoms with Crippen LogP contribution in [0.3, 0.4) is 0 Å². The molecule has 7 nitrogen and oxygen atoms in total. The molecular formula is C16H21ClN4O3. The zero-order chi connectivity index (χ0) is 16.4. The molecule has 3 N–H and O–H groups in total. The summed E-state index contributed by atoms with van der Waals surface area (Å²) < 4.78 is 1.65. The van der Waals surface area contributed by atoms with Gasteiger partial charge < -0.3 is 15.7 Å². The topological polar surface area (TPSA) is 96.2 Å². The summed E-state index contributed by atoms with van der Waals surface area (Å²) >= 11 is 0. The first-order chi connectivity index (χ1) is 11.1. The smallest absolute Gasteiger partial charge is 0.275 e. The molecule has 1 saturated heterocycles. The SMILES string of the molecule is CCn1nc(C(=O)NCC2CNCC2O)c(=O)c2ccccc21.Cl. The van der Waals surface area contributed by atoms with Crippen molar-refractivity contribution in [3.05, 3.63) is 40.2 Å². The lowest BCUT2D eigenvalue weighted by Gasteiger charge is -2.14. The van der Waals surface area contributed by atoms with Crippen LogP contribution in [0.5, 0.6) is 0 Å². The third kappa shape index (κ3) is 3.43. The lowest BCUT2D eigenvalue weighted by Crippen LogP contribution is -2.37. The second kappa shape index (κ2) is 7.74. The van der Waals surface area contributed by atoms with E-state index in [9.17, 15) is 14.7 Å². The van der Waals surface area contributed by atoms with Gasteiger partial charge in [-0.15, -0.1) is 12.4 Å². The van der Waals surface area contributed by atoms with E-state index in [0.717, 1.165) is 0 Å². The van der Waals surface area contributed by atoms with Crippen molar-refractivity contribution in [2.24, 2.45) is 5.92 Å². The van der Waals surface area contributed by atoms with Gasteiger partial charge in [0.15, 0.2) is 5.69 Å². The second-order valence-electron chi connectivity index (χ2n) is 5.71. The van der Waals surface area contributed by atoms with Crippen LogP contribution >= 0.6 is 12.4 Å². The van der Waals surface area contributed by atoms with E-state index >= 15 is 0 Å². The predicted molar refractivity (Wildman–Crippen MR) is 93.6 cm³/mol. The number of halogens is 1. The number of benzene rings is 1. The van der Waals surface area contributed by atoms with Crippen LogP contribution in [0.2, 0.25) is 0 Å². The lowest BCUT2D eigenvalue weighted by atomic mass is 10.1. The highest BCUT2D eigenvalue weighted by molar-refractivity contribution is 5.95. The molecule has 2 aromatic rings. The fourth-order valence-corrected chi connectivity index (χ4v) is 2.86. The highest BCUT2D eigenvalue weighted by Crippen LogP contribution is 2.10. The molecule has 1 aliphatic rings. The summed E-state index contributed by atoms with van der Waals surface area (Å²) in [6, 6.07) is 7.12. The molecule has 0 bridgehead atoms. The Morgan fingerprint density at radius 2 is 2.17 bits per heavy atom. The van der Waals surface area contributed by atoms with Gasteiger partial charge in [-0.1, -0.05) is 12.1 Å². The largest absolute Gasteiger partial charge is 0.391 e. The van der Waals surface area contributed by atoms with Crippen LogP contribution < -0.4 is 16.1 Å². The Bertz CT molecular complexity index is 792. The number of carbonyl (C=O) groups is 1.